The van der Waals surface area contributed by atoms with Crippen LogP contribution in [0.4, 0.5) is 0 Å². The molecular weight excluding hydrogens is 218 g/mol. The van der Waals surface area contributed by atoms with E-state index in [-0.39, 0.29) is 22.9 Å². The van der Waals surface area contributed by atoms with Crippen LogP contribution in [0, 0.1) is 6.92 Å². The first-order valence-corrected chi connectivity index (χ1v) is 5.84. The van der Waals surface area contributed by atoms with Crippen molar-refractivity contribution in [2.45, 2.75) is 25.8 Å². The minimum atomic E-state index is -0.228. The van der Waals surface area contributed by atoms with Crippen molar-refractivity contribution < 1.29 is 4.79 Å². The summed E-state index contributed by atoms with van der Waals surface area (Å²) in [5.41, 5.74) is 6.22. The third kappa shape index (κ3) is 2.55. The quantitative estimate of drug-likeness (QED) is 0.785. The fourth-order valence-electron chi connectivity index (χ4n) is 1.87. The Kier molecular flexibility index (Phi) is 3.28. The average molecular weight is 235 g/mol. The zero-order valence-corrected chi connectivity index (χ0v) is 9.90. The second-order valence-electron chi connectivity index (χ2n) is 4.41. The number of carbonyl (C=O) groups is 1. The lowest BCUT2D eigenvalue weighted by molar-refractivity contribution is 0.0746. The monoisotopic (exact) mass is 235 g/mol. The molecule has 0 unspecified atom stereocenters. The van der Waals surface area contributed by atoms with Gasteiger partial charge in [0.1, 0.15) is 5.56 Å². The number of amides is 1. The van der Waals surface area contributed by atoms with Gasteiger partial charge in [0.2, 0.25) is 0 Å². The Morgan fingerprint density at radius 2 is 2.29 bits per heavy atom. The van der Waals surface area contributed by atoms with E-state index in [2.05, 4.69) is 4.98 Å². The molecule has 0 bridgehead atoms. The number of H-pyrrole nitrogens is 1. The van der Waals surface area contributed by atoms with Gasteiger partial charge in [-0.1, -0.05) is 0 Å². The van der Waals surface area contributed by atoms with E-state index in [9.17, 15) is 9.59 Å². The maximum Gasteiger partial charge on any atom is 0.259 e. The number of rotatable bonds is 4. The van der Waals surface area contributed by atoms with Crippen LogP contribution in [0.25, 0.3) is 0 Å². The number of aryl methyl sites for hydroxylation is 1. The van der Waals surface area contributed by atoms with Crippen molar-refractivity contribution >= 4 is 5.91 Å². The van der Waals surface area contributed by atoms with Gasteiger partial charge in [-0.25, -0.2) is 0 Å². The van der Waals surface area contributed by atoms with Crippen LogP contribution in [0.5, 0.6) is 0 Å². The lowest BCUT2D eigenvalue weighted by Crippen LogP contribution is -2.39. The van der Waals surface area contributed by atoms with Crippen LogP contribution in [0.1, 0.15) is 28.9 Å². The van der Waals surface area contributed by atoms with E-state index >= 15 is 0 Å². The van der Waals surface area contributed by atoms with Gasteiger partial charge in [0.15, 0.2) is 5.43 Å². The predicted molar refractivity (Wildman–Crippen MR) is 64.9 cm³/mol. The molecule has 92 valence electrons. The van der Waals surface area contributed by atoms with Crippen LogP contribution < -0.4 is 11.2 Å². The van der Waals surface area contributed by atoms with Gasteiger partial charge in [-0.15, -0.1) is 0 Å². The van der Waals surface area contributed by atoms with Gasteiger partial charge in [-0.3, -0.25) is 9.59 Å². The second-order valence-corrected chi connectivity index (χ2v) is 4.41. The van der Waals surface area contributed by atoms with E-state index in [0.29, 0.717) is 13.1 Å². The molecule has 1 aromatic rings. The SMILES string of the molecule is Cc1cc(=O)c(C(=O)N(CCN)C2CC2)c[nH]1. The predicted octanol–water partition coefficient (Wildman–Crippen LogP) is 0.247. The van der Waals surface area contributed by atoms with Crippen LogP contribution in [0.3, 0.4) is 0 Å². The van der Waals surface area contributed by atoms with Crippen molar-refractivity contribution in [1.29, 1.82) is 0 Å². The Labute approximate surface area is 99.6 Å². The number of nitrogens with one attached hydrogen (secondary N) is 1. The van der Waals surface area contributed by atoms with Gasteiger partial charge in [-0.05, 0) is 19.8 Å². The Morgan fingerprint density at radius 1 is 1.59 bits per heavy atom. The van der Waals surface area contributed by atoms with Crippen molar-refractivity contribution in [3.63, 3.8) is 0 Å². The maximum absolute atomic E-state index is 12.2. The van der Waals surface area contributed by atoms with Crippen LogP contribution >= 0.6 is 0 Å². The number of aromatic nitrogens is 1. The van der Waals surface area contributed by atoms with E-state index in [1.54, 1.807) is 11.8 Å². The highest BCUT2D eigenvalue weighted by atomic mass is 16.2. The fraction of sp³-hybridized carbons (Fsp3) is 0.500. The van der Waals surface area contributed by atoms with E-state index < -0.39 is 0 Å². The molecule has 0 saturated heterocycles. The zero-order chi connectivity index (χ0) is 12.4. The van der Waals surface area contributed by atoms with E-state index in [1.807, 2.05) is 0 Å². The van der Waals surface area contributed by atoms with E-state index in [1.165, 1.54) is 12.3 Å². The lowest BCUT2D eigenvalue weighted by atomic mass is 10.2. The first-order chi connectivity index (χ1) is 8.13. The Hall–Kier alpha value is -1.62. The van der Waals surface area contributed by atoms with Crippen molar-refractivity contribution in [3.8, 4) is 0 Å². The summed E-state index contributed by atoms with van der Waals surface area (Å²) in [4.78, 5) is 28.5. The first-order valence-electron chi connectivity index (χ1n) is 5.84. The summed E-state index contributed by atoms with van der Waals surface area (Å²) in [6.07, 6.45) is 3.51. The topological polar surface area (TPSA) is 79.2 Å². The summed E-state index contributed by atoms with van der Waals surface area (Å²) in [7, 11) is 0. The van der Waals surface area contributed by atoms with Gasteiger partial charge >= 0.3 is 0 Å². The molecule has 0 atom stereocenters. The van der Waals surface area contributed by atoms with Crippen LogP contribution in [-0.4, -0.2) is 34.9 Å². The summed E-state index contributed by atoms with van der Waals surface area (Å²) in [6.45, 7) is 2.72. The Bertz CT molecular complexity index is 477. The maximum atomic E-state index is 12.2. The van der Waals surface area contributed by atoms with Crippen molar-refractivity contribution in [2.75, 3.05) is 13.1 Å². The third-order valence-corrected chi connectivity index (χ3v) is 2.91. The van der Waals surface area contributed by atoms with Crippen LogP contribution in [0.15, 0.2) is 17.1 Å². The standard InChI is InChI=1S/C12H17N3O2/c1-8-6-11(16)10(7-14-8)12(17)15(5-4-13)9-2-3-9/h6-7,9H,2-5,13H2,1H3,(H,14,16). The normalized spacial score (nSPS) is 14.7. The largest absolute Gasteiger partial charge is 0.364 e. The molecule has 1 aliphatic carbocycles. The smallest absolute Gasteiger partial charge is 0.259 e. The van der Waals surface area contributed by atoms with E-state index in [4.69, 9.17) is 5.73 Å². The summed E-state index contributed by atoms with van der Waals surface area (Å²) in [6, 6.07) is 1.72. The highest BCUT2D eigenvalue weighted by molar-refractivity contribution is 5.94. The molecule has 1 aromatic heterocycles. The van der Waals surface area contributed by atoms with Gasteiger partial charge in [0.25, 0.3) is 5.91 Å². The molecule has 1 heterocycles. The molecule has 2 rings (SSSR count). The molecule has 1 saturated carbocycles. The zero-order valence-electron chi connectivity index (χ0n) is 9.90. The molecule has 0 aromatic carbocycles. The lowest BCUT2D eigenvalue weighted by Gasteiger charge is -2.21. The summed E-state index contributed by atoms with van der Waals surface area (Å²) in [5, 5.41) is 0. The molecule has 5 heteroatoms. The van der Waals surface area contributed by atoms with Crippen molar-refractivity contribution in [3.05, 3.63) is 33.7 Å². The summed E-state index contributed by atoms with van der Waals surface area (Å²) >= 11 is 0. The molecular formula is C12H17N3O2. The molecule has 1 amide bonds. The van der Waals surface area contributed by atoms with Gasteiger partial charge in [-0.2, -0.15) is 0 Å². The van der Waals surface area contributed by atoms with Gasteiger partial charge < -0.3 is 15.6 Å². The molecule has 17 heavy (non-hydrogen) atoms. The molecule has 1 aliphatic rings. The van der Waals surface area contributed by atoms with Crippen LogP contribution in [0.2, 0.25) is 0 Å². The molecule has 0 aliphatic heterocycles. The summed E-state index contributed by atoms with van der Waals surface area (Å²) in [5.74, 6) is -0.209. The Balaban J connectivity index is 2.25. The molecule has 3 N–H and O–H groups in total. The van der Waals surface area contributed by atoms with Crippen molar-refractivity contribution in [2.24, 2.45) is 5.73 Å². The number of pyridine rings is 1. The average Bonchev–Trinajstić information content (AvgIpc) is 3.09. The number of hydrogen-bond acceptors (Lipinski definition) is 3. The van der Waals surface area contributed by atoms with E-state index in [0.717, 1.165) is 18.5 Å². The minimum Gasteiger partial charge on any atom is -0.364 e. The number of nitrogens with zero attached hydrogens (tertiary/aromatic N) is 1. The highest BCUT2D eigenvalue weighted by Gasteiger charge is 2.33. The molecule has 0 spiro atoms. The second kappa shape index (κ2) is 4.71. The van der Waals surface area contributed by atoms with Crippen LogP contribution in [-0.2, 0) is 0 Å². The molecule has 5 nitrogen and oxygen atoms in total. The van der Waals surface area contributed by atoms with Crippen molar-refractivity contribution in [1.82, 2.24) is 9.88 Å². The molecule has 1 fully saturated rings. The fourth-order valence-corrected chi connectivity index (χ4v) is 1.87. The Morgan fingerprint density at radius 3 is 2.82 bits per heavy atom. The number of hydrogen-bond donors (Lipinski definition) is 2. The minimum absolute atomic E-state index is 0.205. The number of aromatic amines is 1. The molecule has 0 radical (unpaired) electrons. The number of carbonyl (C=O) groups excluding carboxylic acids is 1. The highest BCUT2D eigenvalue weighted by Crippen LogP contribution is 2.27. The van der Waals surface area contributed by atoms with Gasteiger partial charge in [0, 0.05) is 37.1 Å². The summed E-state index contributed by atoms with van der Waals surface area (Å²) < 4.78 is 0. The first kappa shape index (κ1) is 11.9. The van der Waals surface area contributed by atoms with Gasteiger partial charge in [0.05, 0.1) is 0 Å². The third-order valence-electron chi connectivity index (χ3n) is 2.91. The number of nitrogens with two attached hydrogens (primary N) is 1.